The molecular formula is C16H16ClN3O5. The molecule has 2 N–H and O–H groups in total. The molecule has 0 bridgehead atoms. The van der Waals surface area contributed by atoms with Crippen LogP contribution >= 0.6 is 11.6 Å². The summed E-state index contributed by atoms with van der Waals surface area (Å²) in [5, 5.41) is 6.44. The van der Waals surface area contributed by atoms with Crippen molar-refractivity contribution in [3.63, 3.8) is 0 Å². The third-order valence-electron chi connectivity index (χ3n) is 3.05. The fourth-order valence-corrected chi connectivity index (χ4v) is 2.19. The fraction of sp³-hybridized carbons (Fsp3) is 0.188. The number of furan rings is 1. The van der Waals surface area contributed by atoms with E-state index in [9.17, 15) is 9.59 Å². The molecule has 0 fully saturated rings. The number of rotatable bonds is 6. The number of nitrogens with zero attached hydrogens (tertiary/aromatic N) is 1. The molecule has 0 aliphatic carbocycles. The molecule has 8 nitrogen and oxygen atoms in total. The molecule has 1 heterocycles. The van der Waals surface area contributed by atoms with Crippen LogP contribution in [0.4, 0.5) is 0 Å². The van der Waals surface area contributed by atoms with Crippen LogP contribution in [0.5, 0.6) is 11.5 Å². The van der Waals surface area contributed by atoms with E-state index in [0.717, 1.165) is 0 Å². The second-order valence-electron chi connectivity index (χ2n) is 4.70. The third kappa shape index (κ3) is 4.98. The monoisotopic (exact) mass is 365 g/mol. The number of carbonyl (C=O) groups excluding carboxylic acids is 2. The number of hydrogen-bond acceptors (Lipinski definition) is 6. The van der Waals surface area contributed by atoms with Crippen LogP contribution in [0.3, 0.4) is 0 Å². The van der Waals surface area contributed by atoms with Gasteiger partial charge >= 0.3 is 11.8 Å². The van der Waals surface area contributed by atoms with Gasteiger partial charge in [0.2, 0.25) is 0 Å². The van der Waals surface area contributed by atoms with Crippen molar-refractivity contribution < 1.29 is 23.5 Å². The number of benzene rings is 1. The second kappa shape index (κ2) is 8.74. The van der Waals surface area contributed by atoms with E-state index in [1.165, 1.54) is 26.7 Å². The van der Waals surface area contributed by atoms with Crippen LogP contribution in [0.1, 0.15) is 11.3 Å². The Hall–Kier alpha value is -3.00. The van der Waals surface area contributed by atoms with Crippen molar-refractivity contribution >= 4 is 29.6 Å². The van der Waals surface area contributed by atoms with E-state index < -0.39 is 11.8 Å². The lowest BCUT2D eigenvalue weighted by atomic mass is 10.2. The van der Waals surface area contributed by atoms with Crippen molar-refractivity contribution in [1.82, 2.24) is 10.7 Å². The third-order valence-corrected chi connectivity index (χ3v) is 3.33. The summed E-state index contributed by atoms with van der Waals surface area (Å²) in [7, 11) is 2.94. The molecule has 0 saturated carbocycles. The number of hydrogen-bond donors (Lipinski definition) is 2. The Morgan fingerprint density at radius 2 is 2.08 bits per heavy atom. The molecule has 25 heavy (non-hydrogen) atoms. The van der Waals surface area contributed by atoms with E-state index in [1.807, 2.05) is 0 Å². The molecular weight excluding hydrogens is 350 g/mol. The van der Waals surface area contributed by atoms with Gasteiger partial charge in [-0.2, -0.15) is 5.10 Å². The first-order valence-electron chi connectivity index (χ1n) is 7.10. The first kappa shape index (κ1) is 18.3. The van der Waals surface area contributed by atoms with Gasteiger partial charge in [-0.25, -0.2) is 5.43 Å². The van der Waals surface area contributed by atoms with Crippen molar-refractivity contribution in [3.8, 4) is 11.5 Å². The topological polar surface area (TPSA) is 102 Å². The van der Waals surface area contributed by atoms with E-state index in [-0.39, 0.29) is 6.54 Å². The van der Waals surface area contributed by atoms with E-state index in [2.05, 4.69) is 15.8 Å². The standard InChI is InChI=1S/C16H16ClN3O5/c1-23-13-7-10(6-12(17)14(13)24-2)8-19-20-16(22)15(21)18-9-11-4-3-5-25-11/h3-8H,9H2,1-2H3,(H,18,21)(H,20,22)/b19-8-. The van der Waals surface area contributed by atoms with E-state index in [0.29, 0.717) is 27.8 Å². The maximum atomic E-state index is 11.6. The molecule has 1 aromatic heterocycles. The van der Waals surface area contributed by atoms with Gasteiger partial charge in [0, 0.05) is 0 Å². The number of nitrogens with one attached hydrogen (secondary N) is 2. The highest BCUT2D eigenvalue weighted by molar-refractivity contribution is 6.35. The average Bonchev–Trinajstić information content (AvgIpc) is 3.12. The van der Waals surface area contributed by atoms with Crippen LogP contribution in [0.25, 0.3) is 0 Å². The van der Waals surface area contributed by atoms with Crippen molar-refractivity contribution in [3.05, 3.63) is 46.9 Å². The lowest BCUT2D eigenvalue weighted by Crippen LogP contribution is -2.37. The maximum Gasteiger partial charge on any atom is 0.329 e. The molecule has 1 aromatic carbocycles. The lowest BCUT2D eigenvalue weighted by Gasteiger charge is -2.09. The minimum Gasteiger partial charge on any atom is -0.493 e. The summed E-state index contributed by atoms with van der Waals surface area (Å²) in [6, 6.07) is 6.56. The number of ether oxygens (including phenoxy) is 2. The first-order chi connectivity index (χ1) is 12.0. The smallest absolute Gasteiger partial charge is 0.329 e. The summed E-state index contributed by atoms with van der Waals surface area (Å²) in [6.07, 6.45) is 2.80. The molecule has 0 radical (unpaired) electrons. The summed E-state index contributed by atoms with van der Waals surface area (Å²) >= 11 is 6.07. The Labute approximate surface area is 148 Å². The molecule has 2 rings (SSSR count). The molecule has 2 amide bonds. The van der Waals surface area contributed by atoms with E-state index >= 15 is 0 Å². The van der Waals surface area contributed by atoms with Gasteiger partial charge in [-0.1, -0.05) is 11.6 Å². The summed E-state index contributed by atoms with van der Waals surface area (Å²) in [5.74, 6) is -0.403. The summed E-state index contributed by atoms with van der Waals surface area (Å²) in [6.45, 7) is 0.105. The Kier molecular flexibility index (Phi) is 6.41. The number of halogens is 1. The minimum atomic E-state index is -0.908. The molecule has 0 aliphatic heterocycles. The Balaban J connectivity index is 1.92. The Bertz CT molecular complexity index is 774. The van der Waals surface area contributed by atoms with E-state index in [1.54, 1.807) is 24.3 Å². The minimum absolute atomic E-state index is 0.105. The molecule has 0 aliphatic rings. The van der Waals surface area contributed by atoms with Crippen LogP contribution in [0.15, 0.2) is 40.0 Å². The Morgan fingerprint density at radius 1 is 1.28 bits per heavy atom. The van der Waals surface area contributed by atoms with Gasteiger partial charge in [-0.15, -0.1) is 0 Å². The van der Waals surface area contributed by atoms with Crippen molar-refractivity contribution in [2.45, 2.75) is 6.54 Å². The number of amides is 2. The average molecular weight is 366 g/mol. The normalized spacial score (nSPS) is 10.5. The molecule has 2 aromatic rings. The van der Waals surface area contributed by atoms with Gasteiger partial charge in [0.05, 0.1) is 38.3 Å². The van der Waals surface area contributed by atoms with Crippen molar-refractivity contribution in [2.24, 2.45) is 5.10 Å². The van der Waals surface area contributed by atoms with Gasteiger partial charge in [0.25, 0.3) is 0 Å². The van der Waals surface area contributed by atoms with E-state index in [4.69, 9.17) is 25.5 Å². The summed E-state index contributed by atoms with van der Waals surface area (Å²) < 4.78 is 15.3. The fourth-order valence-electron chi connectivity index (χ4n) is 1.89. The molecule has 9 heteroatoms. The molecule has 0 atom stereocenters. The zero-order valence-electron chi connectivity index (χ0n) is 13.5. The van der Waals surface area contributed by atoms with Crippen molar-refractivity contribution in [1.29, 1.82) is 0 Å². The number of carbonyl (C=O) groups is 2. The van der Waals surface area contributed by atoms with Gasteiger partial charge < -0.3 is 19.2 Å². The molecule has 132 valence electrons. The highest BCUT2D eigenvalue weighted by Crippen LogP contribution is 2.35. The summed E-state index contributed by atoms with van der Waals surface area (Å²) in [5.41, 5.74) is 2.67. The highest BCUT2D eigenvalue weighted by atomic mass is 35.5. The zero-order valence-corrected chi connectivity index (χ0v) is 14.3. The van der Waals surface area contributed by atoms with Crippen LogP contribution in [-0.2, 0) is 16.1 Å². The summed E-state index contributed by atoms with van der Waals surface area (Å²) in [4.78, 5) is 23.3. The number of methoxy groups -OCH3 is 2. The maximum absolute atomic E-state index is 11.6. The van der Waals surface area contributed by atoms with Gasteiger partial charge in [0.1, 0.15) is 5.76 Å². The molecule has 0 saturated heterocycles. The van der Waals surface area contributed by atoms with Crippen molar-refractivity contribution in [2.75, 3.05) is 14.2 Å². The predicted octanol–water partition coefficient (Wildman–Crippen LogP) is 1.72. The van der Waals surface area contributed by atoms with Crippen LogP contribution in [-0.4, -0.2) is 32.2 Å². The molecule has 0 spiro atoms. The predicted molar refractivity (Wildman–Crippen MR) is 90.8 cm³/mol. The van der Waals surface area contributed by atoms with Crippen LogP contribution in [0, 0.1) is 0 Å². The quantitative estimate of drug-likeness (QED) is 0.461. The van der Waals surface area contributed by atoms with Gasteiger partial charge in [0.15, 0.2) is 11.5 Å². The second-order valence-corrected chi connectivity index (χ2v) is 5.11. The highest BCUT2D eigenvalue weighted by Gasteiger charge is 2.13. The molecule has 0 unspecified atom stereocenters. The van der Waals surface area contributed by atoms with Crippen LogP contribution in [0.2, 0.25) is 5.02 Å². The van der Waals surface area contributed by atoms with Gasteiger partial charge in [-0.3, -0.25) is 9.59 Å². The SMILES string of the molecule is COc1cc(/C=N\NC(=O)C(=O)NCc2ccco2)cc(Cl)c1OC. The first-order valence-corrected chi connectivity index (χ1v) is 7.48. The lowest BCUT2D eigenvalue weighted by molar-refractivity contribution is -0.139. The Morgan fingerprint density at radius 3 is 2.72 bits per heavy atom. The van der Waals surface area contributed by atoms with Gasteiger partial charge in [-0.05, 0) is 29.8 Å². The number of hydrazone groups is 1. The largest absolute Gasteiger partial charge is 0.493 e. The van der Waals surface area contributed by atoms with Crippen LogP contribution < -0.4 is 20.2 Å². The zero-order chi connectivity index (χ0) is 18.2.